The molecule has 1 rings (SSSR count). The van der Waals surface area contributed by atoms with Crippen LogP contribution in [0.1, 0.15) is 92.7 Å². The molecule has 0 aliphatic carbocycles. The van der Waals surface area contributed by atoms with E-state index in [0.29, 0.717) is 25.6 Å². The zero-order valence-electron chi connectivity index (χ0n) is 24.9. The highest BCUT2D eigenvalue weighted by molar-refractivity contribution is 5.81. The predicted octanol–water partition coefficient (Wildman–Crippen LogP) is 6.45. The summed E-state index contributed by atoms with van der Waals surface area (Å²) in [4.78, 5) is 25.3. The van der Waals surface area contributed by atoms with Crippen LogP contribution in [0.25, 0.3) is 0 Å². The molecule has 0 saturated carbocycles. The Hall–Kier alpha value is -2.28. The third-order valence-corrected chi connectivity index (χ3v) is 6.35. The van der Waals surface area contributed by atoms with Gasteiger partial charge in [0.2, 0.25) is 0 Å². The molecule has 0 radical (unpaired) electrons. The first-order chi connectivity index (χ1) is 17.2. The molecule has 212 valence electrons. The molecule has 7 heteroatoms. The lowest BCUT2D eigenvalue weighted by Crippen LogP contribution is -2.46. The number of methoxy groups -OCH3 is 1. The number of nitrogens with one attached hydrogen (secondary N) is 1. The molecule has 0 fully saturated rings. The zero-order chi connectivity index (χ0) is 28.2. The van der Waals surface area contributed by atoms with Crippen LogP contribution < -0.4 is 10.1 Å². The Morgan fingerprint density at radius 1 is 1.03 bits per heavy atom. The van der Waals surface area contributed by atoms with Crippen molar-refractivity contribution in [3.8, 4) is 5.75 Å². The highest BCUT2D eigenvalue weighted by atomic mass is 16.6. The fourth-order valence-electron chi connectivity index (χ4n) is 4.18. The minimum Gasteiger partial charge on any atom is -0.493 e. The second kappa shape index (κ2) is 15.2. The van der Waals surface area contributed by atoms with E-state index in [-0.39, 0.29) is 17.9 Å². The first-order valence-electron chi connectivity index (χ1n) is 13.6. The van der Waals surface area contributed by atoms with Gasteiger partial charge in [0.05, 0.1) is 13.2 Å². The third kappa shape index (κ3) is 12.2. The molecule has 0 heterocycles. The highest BCUT2D eigenvalue weighted by Gasteiger charge is 2.30. The van der Waals surface area contributed by atoms with Gasteiger partial charge in [-0.25, -0.2) is 9.59 Å². The van der Waals surface area contributed by atoms with Crippen molar-refractivity contribution in [1.29, 1.82) is 0 Å². The van der Waals surface area contributed by atoms with E-state index < -0.39 is 23.7 Å². The quantitative estimate of drug-likeness (QED) is 0.224. The summed E-state index contributed by atoms with van der Waals surface area (Å²) in [5.74, 6) is 0.909. The summed E-state index contributed by atoms with van der Waals surface area (Å²) in [6, 6.07) is 5.64. The molecule has 7 nitrogen and oxygen atoms in total. The molecule has 0 aliphatic rings. The minimum absolute atomic E-state index is 0.0580. The van der Waals surface area contributed by atoms with Crippen molar-refractivity contribution in [3.63, 3.8) is 0 Å². The molecule has 1 amide bonds. The van der Waals surface area contributed by atoms with E-state index in [2.05, 4.69) is 58.1 Å². The molecular weight excluding hydrogens is 470 g/mol. The number of hydrogen-bond donors (Lipinski definition) is 1. The van der Waals surface area contributed by atoms with Crippen molar-refractivity contribution in [2.75, 3.05) is 26.9 Å². The van der Waals surface area contributed by atoms with Gasteiger partial charge in [-0.2, -0.15) is 0 Å². The SMILES string of the molecule is CCOC(=O)[C@H](C[C@H](Cc1ccc(C(C)(C)C)c(OCCCOC)c1)C(C)CC)NC(=O)OC(C)(C)C. The predicted molar refractivity (Wildman–Crippen MR) is 148 cm³/mol. The second-order valence-electron chi connectivity index (χ2n) is 11.8. The number of benzene rings is 1. The van der Waals surface area contributed by atoms with Gasteiger partial charge < -0.3 is 24.3 Å². The summed E-state index contributed by atoms with van der Waals surface area (Å²) in [6.07, 6.45) is 2.36. The van der Waals surface area contributed by atoms with Gasteiger partial charge >= 0.3 is 12.1 Å². The van der Waals surface area contributed by atoms with E-state index in [1.54, 1.807) is 34.8 Å². The number of carbonyl (C=O) groups is 2. The molecule has 0 aromatic heterocycles. The number of rotatable bonds is 14. The lowest BCUT2D eigenvalue weighted by Gasteiger charge is -2.29. The van der Waals surface area contributed by atoms with Crippen LogP contribution in [0, 0.1) is 11.8 Å². The summed E-state index contributed by atoms with van der Waals surface area (Å²) in [6.45, 7) is 19.5. The first kappa shape index (κ1) is 32.7. The molecule has 1 unspecified atom stereocenters. The first-order valence-corrected chi connectivity index (χ1v) is 13.6. The molecule has 1 aromatic rings. The van der Waals surface area contributed by atoms with Gasteiger partial charge in [0, 0.05) is 20.1 Å². The Morgan fingerprint density at radius 2 is 1.70 bits per heavy atom. The average molecular weight is 522 g/mol. The number of ether oxygens (including phenoxy) is 4. The van der Waals surface area contributed by atoms with E-state index >= 15 is 0 Å². The number of amides is 1. The van der Waals surface area contributed by atoms with Crippen molar-refractivity contribution in [1.82, 2.24) is 5.32 Å². The van der Waals surface area contributed by atoms with Crippen LogP contribution in [-0.4, -0.2) is 50.6 Å². The normalized spacial score (nSPS) is 14.4. The Morgan fingerprint density at radius 3 is 2.24 bits per heavy atom. The van der Waals surface area contributed by atoms with E-state index in [1.807, 2.05) is 0 Å². The maximum Gasteiger partial charge on any atom is 0.408 e. The summed E-state index contributed by atoms with van der Waals surface area (Å²) in [7, 11) is 1.69. The van der Waals surface area contributed by atoms with Gasteiger partial charge in [0.25, 0.3) is 0 Å². The fourth-order valence-corrected chi connectivity index (χ4v) is 4.18. The number of hydrogen-bond acceptors (Lipinski definition) is 6. The fraction of sp³-hybridized carbons (Fsp3) is 0.733. The molecule has 0 saturated heterocycles. The standard InChI is InChI=1S/C30H51NO6/c1-11-21(3)23(20-25(27(32)35-12-2)31-28(33)37-30(7,8)9)18-22-14-15-24(29(4,5)6)26(19-22)36-17-13-16-34-10/h14-15,19,21,23,25H,11-13,16-18,20H2,1-10H3,(H,31,33)/t21?,23-,25-/m0/s1. The maximum atomic E-state index is 12.8. The molecule has 0 aliphatic heterocycles. The van der Waals surface area contributed by atoms with Crippen molar-refractivity contribution in [3.05, 3.63) is 29.3 Å². The molecule has 0 spiro atoms. The highest BCUT2D eigenvalue weighted by Crippen LogP contribution is 2.34. The van der Waals surface area contributed by atoms with Crippen molar-refractivity contribution in [2.24, 2.45) is 11.8 Å². The molecule has 37 heavy (non-hydrogen) atoms. The van der Waals surface area contributed by atoms with Crippen molar-refractivity contribution < 1.29 is 28.5 Å². The molecule has 0 bridgehead atoms. The second-order valence-corrected chi connectivity index (χ2v) is 11.8. The van der Waals surface area contributed by atoms with Gasteiger partial charge in [-0.1, -0.05) is 53.2 Å². The van der Waals surface area contributed by atoms with E-state index in [4.69, 9.17) is 18.9 Å². The number of carbonyl (C=O) groups excluding carboxylic acids is 2. The van der Waals surface area contributed by atoms with Crippen LogP contribution in [-0.2, 0) is 30.8 Å². The lowest BCUT2D eigenvalue weighted by atomic mass is 9.80. The van der Waals surface area contributed by atoms with Gasteiger partial charge in [-0.3, -0.25) is 0 Å². The summed E-state index contributed by atoms with van der Waals surface area (Å²) in [5, 5.41) is 2.76. The minimum atomic E-state index is -0.785. The lowest BCUT2D eigenvalue weighted by molar-refractivity contribution is -0.146. The largest absolute Gasteiger partial charge is 0.493 e. The Balaban J connectivity index is 3.20. The van der Waals surface area contributed by atoms with Crippen LogP contribution in [0.2, 0.25) is 0 Å². The Bertz CT molecular complexity index is 839. The Labute approximate surface area is 225 Å². The molecular formula is C30H51NO6. The average Bonchev–Trinajstić information content (AvgIpc) is 2.78. The van der Waals surface area contributed by atoms with Crippen LogP contribution in [0.15, 0.2) is 18.2 Å². The van der Waals surface area contributed by atoms with Crippen LogP contribution in [0.3, 0.4) is 0 Å². The van der Waals surface area contributed by atoms with E-state index in [1.165, 1.54) is 0 Å². The zero-order valence-corrected chi connectivity index (χ0v) is 24.9. The van der Waals surface area contributed by atoms with Gasteiger partial charge in [-0.15, -0.1) is 0 Å². The van der Waals surface area contributed by atoms with E-state index in [9.17, 15) is 9.59 Å². The molecule has 1 aromatic carbocycles. The number of alkyl carbamates (subject to hydrolysis) is 1. The van der Waals surface area contributed by atoms with Crippen molar-refractivity contribution >= 4 is 12.1 Å². The smallest absolute Gasteiger partial charge is 0.408 e. The maximum absolute atomic E-state index is 12.8. The number of esters is 1. The third-order valence-electron chi connectivity index (χ3n) is 6.35. The summed E-state index contributed by atoms with van der Waals surface area (Å²) >= 11 is 0. The van der Waals surface area contributed by atoms with Gasteiger partial charge in [0.1, 0.15) is 17.4 Å². The van der Waals surface area contributed by atoms with Gasteiger partial charge in [0.15, 0.2) is 0 Å². The Kier molecular flexibility index (Phi) is 13.5. The van der Waals surface area contributed by atoms with E-state index in [0.717, 1.165) is 36.1 Å². The van der Waals surface area contributed by atoms with Crippen LogP contribution in [0.5, 0.6) is 5.75 Å². The summed E-state index contributed by atoms with van der Waals surface area (Å²) < 4.78 is 22.1. The molecule has 1 N–H and O–H groups in total. The van der Waals surface area contributed by atoms with Crippen LogP contribution >= 0.6 is 0 Å². The monoisotopic (exact) mass is 521 g/mol. The molecule has 3 atom stereocenters. The summed E-state index contributed by atoms with van der Waals surface area (Å²) in [5.41, 5.74) is 1.58. The van der Waals surface area contributed by atoms with Crippen LogP contribution in [0.4, 0.5) is 4.79 Å². The van der Waals surface area contributed by atoms with Gasteiger partial charge in [-0.05, 0) is 75.0 Å². The van der Waals surface area contributed by atoms with Crippen molar-refractivity contribution in [2.45, 2.75) is 105 Å². The topological polar surface area (TPSA) is 83.1 Å².